The number of nitrogens with one attached hydrogen (secondary N) is 1. The quantitative estimate of drug-likeness (QED) is 0.470. The van der Waals surface area contributed by atoms with Crippen molar-refractivity contribution in [2.75, 3.05) is 6.61 Å². The van der Waals surface area contributed by atoms with Crippen LogP contribution in [0.3, 0.4) is 0 Å². The van der Waals surface area contributed by atoms with Gasteiger partial charge < -0.3 is 8.92 Å². The highest BCUT2D eigenvalue weighted by Gasteiger charge is 2.16. The molecule has 7 nitrogen and oxygen atoms in total. The summed E-state index contributed by atoms with van der Waals surface area (Å²) in [5.41, 5.74) is 2.81. The Hall–Kier alpha value is -2.58. The molecule has 0 unspecified atom stereocenters. The lowest BCUT2D eigenvalue weighted by Crippen LogP contribution is -2.18. The Kier molecular flexibility index (Phi) is 6.37. The second-order valence-corrected chi connectivity index (χ2v) is 6.63. The molecule has 0 atom stereocenters. The molecule has 0 spiro atoms. The van der Waals surface area contributed by atoms with Crippen LogP contribution < -0.4 is 9.61 Å². The zero-order valence-corrected chi connectivity index (χ0v) is 14.8. The number of halogens is 1. The van der Waals surface area contributed by atoms with E-state index < -0.39 is 16.2 Å². The lowest BCUT2D eigenvalue weighted by atomic mass is 10.2. The first-order valence-corrected chi connectivity index (χ1v) is 8.95. The fraction of sp³-hybridized carbons (Fsp3) is 0.125. The molecular weight excluding hydrogens is 368 g/mol. The van der Waals surface area contributed by atoms with Gasteiger partial charge in [0.25, 0.3) is 0 Å². The van der Waals surface area contributed by atoms with E-state index in [0.717, 1.165) is 0 Å². The normalized spacial score (nSPS) is 11.3. The molecule has 2 rings (SSSR count). The fourth-order valence-electron chi connectivity index (χ4n) is 1.71. The van der Waals surface area contributed by atoms with Crippen molar-refractivity contribution in [1.82, 2.24) is 5.43 Å². The number of hydrogen-bond acceptors (Lipinski definition) is 6. The van der Waals surface area contributed by atoms with Gasteiger partial charge in [-0.15, -0.1) is 0 Å². The lowest BCUT2D eigenvalue weighted by molar-refractivity contribution is 0.152. The molecule has 0 saturated heterocycles. The Morgan fingerprint density at radius 1 is 1.16 bits per heavy atom. The van der Waals surface area contributed by atoms with Gasteiger partial charge in [0.15, 0.2) is 0 Å². The molecule has 0 bridgehead atoms. The van der Waals surface area contributed by atoms with Gasteiger partial charge in [-0.05, 0) is 61.0 Å². The van der Waals surface area contributed by atoms with E-state index in [-0.39, 0.29) is 17.3 Å². The first-order valence-electron chi connectivity index (χ1n) is 7.16. The van der Waals surface area contributed by atoms with E-state index in [2.05, 4.69) is 15.3 Å². The molecule has 9 heteroatoms. The minimum Gasteiger partial charge on any atom is -0.449 e. The summed E-state index contributed by atoms with van der Waals surface area (Å²) >= 11 is 5.74. The Bertz CT molecular complexity index is 849. The number of hydrogen-bond donors (Lipinski definition) is 1. The highest BCUT2D eigenvalue weighted by molar-refractivity contribution is 7.87. The van der Waals surface area contributed by atoms with Crippen molar-refractivity contribution in [2.24, 2.45) is 5.10 Å². The molecule has 0 aliphatic rings. The van der Waals surface area contributed by atoms with Crippen LogP contribution >= 0.6 is 11.6 Å². The van der Waals surface area contributed by atoms with E-state index in [1.165, 1.54) is 42.6 Å². The summed E-state index contributed by atoms with van der Waals surface area (Å²) < 4.78 is 34.0. The van der Waals surface area contributed by atoms with Crippen LogP contribution in [0.4, 0.5) is 4.79 Å². The molecule has 1 amide bonds. The highest BCUT2D eigenvalue weighted by Crippen LogP contribution is 2.20. The Balaban J connectivity index is 2.01. The molecule has 1 N–H and O–H groups in total. The van der Waals surface area contributed by atoms with Crippen molar-refractivity contribution in [3.8, 4) is 5.75 Å². The van der Waals surface area contributed by atoms with Gasteiger partial charge in [0, 0.05) is 5.02 Å². The number of carbonyl (C=O) groups excluding carboxylic acids is 1. The molecule has 0 saturated carbocycles. The summed E-state index contributed by atoms with van der Waals surface area (Å²) in [6.07, 6.45) is 0.724. The topological polar surface area (TPSA) is 94.1 Å². The maximum absolute atomic E-state index is 12.2. The summed E-state index contributed by atoms with van der Waals surface area (Å²) in [5.74, 6) is 0.144. The maximum atomic E-state index is 12.2. The van der Waals surface area contributed by atoms with Crippen molar-refractivity contribution in [3.63, 3.8) is 0 Å². The first kappa shape index (κ1) is 18.8. The zero-order valence-electron chi connectivity index (χ0n) is 13.2. The zero-order chi connectivity index (χ0) is 18.3. The first-order chi connectivity index (χ1) is 11.9. The summed E-state index contributed by atoms with van der Waals surface area (Å²) in [7, 11) is -3.94. The molecule has 2 aromatic rings. The van der Waals surface area contributed by atoms with Gasteiger partial charge in [0.05, 0.1) is 12.8 Å². The predicted molar refractivity (Wildman–Crippen MR) is 93.5 cm³/mol. The van der Waals surface area contributed by atoms with Crippen LogP contribution in [-0.2, 0) is 14.9 Å². The van der Waals surface area contributed by atoms with Gasteiger partial charge >= 0.3 is 16.2 Å². The Labute approximate surface area is 150 Å². The molecular formula is C16H15ClN2O5S. The molecule has 25 heavy (non-hydrogen) atoms. The molecule has 0 aromatic heterocycles. The minimum absolute atomic E-state index is 0.00109. The van der Waals surface area contributed by atoms with Gasteiger partial charge in [0.1, 0.15) is 10.6 Å². The van der Waals surface area contributed by atoms with E-state index in [4.69, 9.17) is 15.8 Å². The van der Waals surface area contributed by atoms with Crippen molar-refractivity contribution in [1.29, 1.82) is 0 Å². The van der Waals surface area contributed by atoms with Gasteiger partial charge in [0.2, 0.25) is 0 Å². The molecule has 0 aliphatic carbocycles. The van der Waals surface area contributed by atoms with Crippen LogP contribution in [0.1, 0.15) is 12.5 Å². The number of rotatable bonds is 6. The van der Waals surface area contributed by atoms with Crippen LogP contribution in [-0.4, -0.2) is 27.3 Å². The monoisotopic (exact) mass is 382 g/mol. The molecule has 132 valence electrons. The van der Waals surface area contributed by atoms with E-state index in [9.17, 15) is 13.2 Å². The second-order valence-electron chi connectivity index (χ2n) is 4.65. The number of amides is 1. The van der Waals surface area contributed by atoms with Gasteiger partial charge in [-0.3, -0.25) is 0 Å². The van der Waals surface area contributed by atoms with Crippen molar-refractivity contribution < 1.29 is 22.1 Å². The smallest absolute Gasteiger partial charge is 0.427 e. The molecule has 0 radical (unpaired) electrons. The van der Waals surface area contributed by atoms with Crippen molar-refractivity contribution in [3.05, 3.63) is 59.1 Å². The van der Waals surface area contributed by atoms with Crippen LogP contribution in [0.15, 0.2) is 58.5 Å². The number of benzene rings is 2. The van der Waals surface area contributed by atoms with Crippen LogP contribution in [0, 0.1) is 0 Å². The van der Waals surface area contributed by atoms with Crippen LogP contribution in [0.5, 0.6) is 5.75 Å². The summed E-state index contributed by atoms with van der Waals surface area (Å²) in [4.78, 5) is 11.1. The number of hydrazone groups is 1. The van der Waals surface area contributed by atoms with Crippen molar-refractivity contribution >= 4 is 34.0 Å². The van der Waals surface area contributed by atoms with Gasteiger partial charge in [-0.1, -0.05) is 11.6 Å². The number of nitrogens with zero attached hydrogens (tertiary/aromatic N) is 1. The Morgan fingerprint density at radius 3 is 2.40 bits per heavy atom. The third-order valence-corrected chi connectivity index (χ3v) is 4.35. The standard InChI is InChI=1S/C16H15ClN2O5S/c1-2-23-16(20)19-18-11-12-3-7-14(8-4-12)24-25(21,22)15-9-5-13(17)6-10-15/h3-11H,2H2,1H3,(H,19,20)/b18-11-. The number of carbonyl (C=O) groups is 1. The fourth-order valence-corrected chi connectivity index (χ4v) is 2.76. The minimum atomic E-state index is -3.94. The third kappa shape index (κ3) is 5.77. The third-order valence-electron chi connectivity index (χ3n) is 2.83. The van der Waals surface area contributed by atoms with Gasteiger partial charge in [-0.2, -0.15) is 13.5 Å². The Morgan fingerprint density at radius 2 is 1.80 bits per heavy atom. The van der Waals surface area contributed by atoms with E-state index in [0.29, 0.717) is 10.6 Å². The van der Waals surface area contributed by atoms with Crippen molar-refractivity contribution in [2.45, 2.75) is 11.8 Å². The SMILES string of the molecule is CCOC(=O)N/N=C\c1ccc(OS(=O)(=O)c2ccc(Cl)cc2)cc1. The molecule has 2 aromatic carbocycles. The average Bonchev–Trinajstić information content (AvgIpc) is 2.57. The van der Waals surface area contributed by atoms with Crippen LogP contribution in [0.25, 0.3) is 0 Å². The lowest BCUT2D eigenvalue weighted by Gasteiger charge is -2.07. The predicted octanol–water partition coefficient (Wildman–Crippen LogP) is 3.19. The summed E-state index contributed by atoms with van der Waals surface area (Å²) in [6.45, 7) is 1.93. The van der Waals surface area contributed by atoms with Crippen LogP contribution in [0.2, 0.25) is 5.02 Å². The average molecular weight is 383 g/mol. The molecule has 0 heterocycles. The summed E-state index contributed by atoms with van der Waals surface area (Å²) in [5, 5.41) is 4.13. The molecule has 0 fully saturated rings. The van der Waals surface area contributed by atoms with E-state index in [1.807, 2.05) is 0 Å². The van der Waals surface area contributed by atoms with E-state index >= 15 is 0 Å². The highest BCUT2D eigenvalue weighted by atomic mass is 35.5. The van der Waals surface area contributed by atoms with E-state index in [1.54, 1.807) is 19.1 Å². The second kappa shape index (κ2) is 8.50. The van der Waals surface area contributed by atoms with Gasteiger partial charge in [-0.25, -0.2) is 10.2 Å². The largest absolute Gasteiger partial charge is 0.449 e. The molecule has 0 aliphatic heterocycles. The maximum Gasteiger partial charge on any atom is 0.427 e. The number of ether oxygens (including phenoxy) is 1. The summed E-state index contributed by atoms with van der Waals surface area (Å²) in [6, 6.07) is 11.8.